The van der Waals surface area contributed by atoms with Crippen molar-refractivity contribution in [1.29, 1.82) is 0 Å². The molecule has 2 rings (SSSR count). The molecular formula is C16H20N4O3. The summed E-state index contributed by atoms with van der Waals surface area (Å²) < 4.78 is 4.94. The molecule has 122 valence electrons. The molecule has 0 unspecified atom stereocenters. The normalized spacial score (nSPS) is 10.6. The zero-order valence-corrected chi connectivity index (χ0v) is 13.4. The third-order valence-electron chi connectivity index (χ3n) is 3.20. The number of likely N-dealkylation sites (N-methyl/N-ethyl adjacent to an activating group) is 1. The van der Waals surface area contributed by atoms with Crippen LogP contribution >= 0.6 is 0 Å². The van der Waals surface area contributed by atoms with Crippen molar-refractivity contribution in [3.05, 3.63) is 47.2 Å². The molecule has 23 heavy (non-hydrogen) atoms. The first kappa shape index (κ1) is 16.7. The Kier molecular flexibility index (Phi) is 5.48. The van der Waals surface area contributed by atoms with E-state index >= 15 is 0 Å². The first-order valence-corrected chi connectivity index (χ1v) is 7.20. The molecule has 0 aliphatic rings. The first-order chi connectivity index (χ1) is 11.0. The van der Waals surface area contributed by atoms with Crippen molar-refractivity contribution in [3.8, 4) is 0 Å². The van der Waals surface area contributed by atoms with Gasteiger partial charge in [0.1, 0.15) is 0 Å². The average molecular weight is 316 g/mol. The summed E-state index contributed by atoms with van der Waals surface area (Å²) in [6.45, 7) is 2.60. The lowest BCUT2D eigenvalue weighted by Gasteiger charge is -2.15. The molecule has 1 aromatic carbocycles. The van der Waals surface area contributed by atoms with Crippen LogP contribution in [0.1, 0.15) is 21.6 Å². The third-order valence-corrected chi connectivity index (χ3v) is 3.20. The average Bonchev–Trinajstić information content (AvgIpc) is 2.91. The van der Waals surface area contributed by atoms with Crippen LogP contribution in [0.2, 0.25) is 0 Å². The minimum atomic E-state index is -0.175. The Morgan fingerprint density at radius 2 is 1.96 bits per heavy atom. The number of benzene rings is 1. The Morgan fingerprint density at radius 3 is 2.52 bits per heavy atom. The molecule has 0 bridgehead atoms. The molecule has 0 fully saturated rings. The van der Waals surface area contributed by atoms with Gasteiger partial charge >= 0.3 is 0 Å². The van der Waals surface area contributed by atoms with Gasteiger partial charge in [-0.2, -0.15) is 0 Å². The van der Waals surface area contributed by atoms with E-state index in [-0.39, 0.29) is 18.4 Å². The highest BCUT2D eigenvalue weighted by Crippen LogP contribution is 2.09. The third kappa shape index (κ3) is 4.93. The topological polar surface area (TPSA) is 87.5 Å². The zero-order valence-electron chi connectivity index (χ0n) is 13.4. The van der Waals surface area contributed by atoms with Gasteiger partial charge in [-0.15, -0.1) is 0 Å². The second-order valence-electron chi connectivity index (χ2n) is 5.33. The lowest BCUT2D eigenvalue weighted by atomic mass is 10.1. The Balaban J connectivity index is 1.85. The van der Waals surface area contributed by atoms with Crippen molar-refractivity contribution in [3.63, 3.8) is 0 Å². The number of amides is 2. The number of carbonyl (C=O) groups excluding carboxylic acids is 2. The molecule has 2 aromatic rings. The number of aryl methyl sites for hydroxylation is 1. The fourth-order valence-electron chi connectivity index (χ4n) is 2.12. The van der Waals surface area contributed by atoms with Crippen LogP contribution in [0.4, 0.5) is 5.88 Å². The van der Waals surface area contributed by atoms with Gasteiger partial charge in [-0.1, -0.05) is 17.3 Å². The van der Waals surface area contributed by atoms with E-state index in [0.29, 0.717) is 23.7 Å². The molecule has 2 N–H and O–H groups in total. The molecule has 0 aliphatic heterocycles. The Hall–Kier alpha value is -2.67. The molecule has 7 heteroatoms. The van der Waals surface area contributed by atoms with Crippen molar-refractivity contribution in [2.75, 3.05) is 26.0 Å². The van der Waals surface area contributed by atoms with Crippen LogP contribution in [0.3, 0.4) is 0 Å². The number of rotatable bonds is 6. The van der Waals surface area contributed by atoms with E-state index in [2.05, 4.69) is 15.8 Å². The predicted molar refractivity (Wildman–Crippen MR) is 86.0 cm³/mol. The molecule has 0 saturated carbocycles. The van der Waals surface area contributed by atoms with Crippen LogP contribution in [0, 0.1) is 6.92 Å². The predicted octanol–water partition coefficient (Wildman–Crippen LogP) is 1.41. The lowest BCUT2D eigenvalue weighted by molar-refractivity contribution is -0.117. The summed E-state index contributed by atoms with van der Waals surface area (Å²) >= 11 is 0. The van der Waals surface area contributed by atoms with Crippen molar-refractivity contribution >= 4 is 17.7 Å². The summed E-state index contributed by atoms with van der Waals surface area (Å²) in [6.07, 6.45) is 0. The molecule has 0 saturated heterocycles. The number of nitrogens with zero attached hydrogens (tertiary/aromatic N) is 2. The molecule has 0 radical (unpaired) electrons. The summed E-state index contributed by atoms with van der Waals surface area (Å²) in [6, 6.07) is 8.94. The maximum Gasteiger partial charge on any atom is 0.251 e. The molecule has 7 nitrogen and oxygen atoms in total. The summed E-state index contributed by atoms with van der Waals surface area (Å²) in [4.78, 5) is 25.3. The zero-order chi connectivity index (χ0) is 16.8. The van der Waals surface area contributed by atoms with Crippen molar-refractivity contribution in [2.45, 2.75) is 13.5 Å². The van der Waals surface area contributed by atoms with E-state index in [0.717, 1.165) is 5.56 Å². The van der Waals surface area contributed by atoms with Gasteiger partial charge in [0, 0.05) is 25.2 Å². The highest BCUT2D eigenvalue weighted by Gasteiger charge is 2.10. The van der Waals surface area contributed by atoms with E-state index in [1.54, 1.807) is 32.2 Å². The van der Waals surface area contributed by atoms with E-state index in [9.17, 15) is 9.59 Å². The number of aromatic nitrogens is 1. The molecular weight excluding hydrogens is 296 g/mol. The minimum Gasteiger partial charge on any atom is -0.355 e. The second-order valence-corrected chi connectivity index (χ2v) is 5.33. The van der Waals surface area contributed by atoms with Crippen LogP contribution in [0.5, 0.6) is 0 Å². The summed E-state index contributed by atoms with van der Waals surface area (Å²) in [5.41, 5.74) is 2.34. The first-order valence-electron chi connectivity index (χ1n) is 7.20. The van der Waals surface area contributed by atoms with Crippen LogP contribution in [0.15, 0.2) is 34.9 Å². The van der Waals surface area contributed by atoms with Gasteiger partial charge < -0.3 is 9.84 Å². The quantitative estimate of drug-likeness (QED) is 0.841. The lowest BCUT2D eigenvalue weighted by Crippen LogP contribution is -2.29. The Bertz CT molecular complexity index is 679. The van der Waals surface area contributed by atoms with Crippen molar-refractivity contribution < 1.29 is 14.1 Å². The molecule has 1 aromatic heterocycles. The SMILES string of the molecule is CNC(=O)c1ccc(CN(C)CC(=O)Nc2cc(C)no2)cc1. The standard InChI is InChI=1S/C16H20N4O3/c1-11-8-15(23-19-11)18-14(21)10-20(3)9-12-4-6-13(7-5-12)16(22)17-2/h4-8H,9-10H2,1-3H3,(H,17,22)(H,18,21). The largest absolute Gasteiger partial charge is 0.355 e. The Labute approximate surface area is 134 Å². The van der Waals surface area contributed by atoms with Crippen LogP contribution < -0.4 is 10.6 Å². The van der Waals surface area contributed by atoms with Gasteiger partial charge in [0.05, 0.1) is 12.2 Å². The maximum absolute atomic E-state index is 11.9. The van der Waals surface area contributed by atoms with Gasteiger partial charge in [0.15, 0.2) is 0 Å². The number of hydrogen-bond donors (Lipinski definition) is 2. The molecule has 0 atom stereocenters. The summed E-state index contributed by atoms with van der Waals surface area (Å²) in [5.74, 6) is 0.0492. The smallest absolute Gasteiger partial charge is 0.251 e. The van der Waals surface area contributed by atoms with Crippen LogP contribution in [-0.2, 0) is 11.3 Å². The van der Waals surface area contributed by atoms with E-state index in [4.69, 9.17) is 4.52 Å². The van der Waals surface area contributed by atoms with Gasteiger partial charge in [-0.05, 0) is 31.7 Å². The van der Waals surface area contributed by atoms with E-state index in [1.165, 1.54) is 0 Å². The van der Waals surface area contributed by atoms with Crippen LogP contribution in [-0.4, -0.2) is 42.5 Å². The monoisotopic (exact) mass is 316 g/mol. The second kappa shape index (κ2) is 7.55. The fourth-order valence-corrected chi connectivity index (χ4v) is 2.12. The number of carbonyl (C=O) groups is 2. The highest BCUT2D eigenvalue weighted by atomic mass is 16.5. The van der Waals surface area contributed by atoms with Gasteiger partial charge in [0.25, 0.3) is 5.91 Å². The molecule has 2 amide bonds. The summed E-state index contributed by atoms with van der Waals surface area (Å²) in [5, 5.41) is 8.93. The number of nitrogens with one attached hydrogen (secondary N) is 2. The molecule has 1 heterocycles. The maximum atomic E-state index is 11.9. The minimum absolute atomic E-state index is 0.119. The van der Waals surface area contributed by atoms with Crippen molar-refractivity contribution in [2.24, 2.45) is 0 Å². The van der Waals surface area contributed by atoms with E-state index in [1.807, 2.05) is 24.1 Å². The summed E-state index contributed by atoms with van der Waals surface area (Å²) in [7, 11) is 3.44. The van der Waals surface area contributed by atoms with Gasteiger partial charge in [-0.25, -0.2) is 0 Å². The molecule has 0 spiro atoms. The van der Waals surface area contributed by atoms with E-state index < -0.39 is 0 Å². The van der Waals surface area contributed by atoms with Crippen LogP contribution in [0.25, 0.3) is 0 Å². The molecule has 0 aliphatic carbocycles. The number of hydrogen-bond acceptors (Lipinski definition) is 5. The fraction of sp³-hybridized carbons (Fsp3) is 0.312. The Morgan fingerprint density at radius 1 is 1.26 bits per heavy atom. The highest BCUT2D eigenvalue weighted by molar-refractivity contribution is 5.94. The van der Waals surface area contributed by atoms with Gasteiger partial charge in [0.2, 0.25) is 11.8 Å². The van der Waals surface area contributed by atoms with Crippen molar-refractivity contribution in [1.82, 2.24) is 15.4 Å². The number of anilines is 1. The van der Waals surface area contributed by atoms with Gasteiger partial charge in [-0.3, -0.25) is 19.8 Å².